The van der Waals surface area contributed by atoms with E-state index in [0.717, 1.165) is 17.7 Å². The molecule has 2 N–H and O–H groups in total. The molecule has 0 aromatic heterocycles. The summed E-state index contributed by atoms with van der Waals surface area (Å²) in [4.78, 5) is 11.7. The molecule has 2 amide bonds. The number of carbonyl (C=O) groups is 1. The molecule has 0 spiro atoms. The summed E-state index contributed by atoms with van der Waals surface area (Å²) in [7, 11) is 0. The lowest BCUT2D eigenvalue weighted by Gasteiger charge is -2.12. The standard InChI is InChI=1S/C17H16ClF3N2O2/c1-11-5-6-14(18)15(9-11)25-8-7-22-16(24)23-13-4-2-3-12(10-13)17(19,20)21/h2-6,9-10H,7-8H2,1H3,(H2,22,23,24). The molecule has 0 radical (unpaired) electrons. The van der Waals surface area contributed by atoms with Gasteiger partial charge in [-0.1, -0.05) is 23.7 Å². The highest BCUT2D eigenvalue weighted by Crippen LogP contribution is 2.30. The molecule has 0 saturated carbocycles. The number of amides is 2. The maximum Gasteiger partial charge on any atom is 0.416 e. The van der Waals surface area contributed by atoms with Crippen molar-refractivity contribution in [1.29, 1.82) is 0 Å². The maximum atomic E-state index is 12.6. The third-order valence-corrected chi connectivity index (χ3v) is 3.49. The predicted octanol–water partition coefficient (Wildman–Crippen LogP) is 4.87. The van der Waals surface area contributed by atoms with E-state index in [1.165, 1.54) is 12.1 Å². The summed E-state index contributed by atoms with van der Waals surface area (Å²) in [5.41, 5.74) is 0.201. The Morgan fingerprint density at radius 2 is 1.96 bits per heavy atom. The highest BCUT2D eigenvalue weighted by molar-refractivity contribution is 6.32. The quantitative estimate of drug-likeness (QED) is 0.736. The van der Waals surface area contributed by atoms with E-state index >= 15 is 0 Å². The van der Waals surface area contributed by atoms with E-state index in [9.17, 15) is 18.0 Å². The largest absolute Gasteiger partial charge is 0.490 e. The average molecular weight is 373 g/mol. The van der Waals surface area contributed by atoms with Gasteiger partial charge in [-0.15, -0.1) is 0 Å². The number of ether oxygens (including phenoxy) is 1. The lowest BCUT2D eigenvalue weighted by molar-refractivity contribution is -0.137. The van der Waals surface area contributed by atoms with Gasteiger partial charge in [0.1, 0.15) is 12.4 Å². The summed E-state index contributed by atoms with van der Waals surface area (Å²) in [6.45, 7) is 2.22. The Balaban J connectivity index is 1.80. The third kappa shape index (κ3) is 5.86. The molecule has 134 valence electrons. The van der Waals surface area contributed by atoms with Gasteiger partial charge in [0.05, 0.1) is 17.1 Å². The van der Waals surface area contributed by atoms with Crippen LogP contribution in [0.25, 0.3) is 0 Å². The van der Waals surface area contributed by atoms with Crippen molar-refractivity contribution in [2.24, 2.45) is 0 Å². The number of hydrogen-bond acceptors (Lipinski definition) is 2. The topological polar surface area (TPSA) is 50.4 Å². The second kappa shape index (κ2) is 8.11. The molecule has 0 aliphatic rings. The summed E-state index contributed by atoms with van der Waals surface area (Å²) < 4.78 is 43.3. The normalized spacial score (nSPS) is 11.1. The molecule has 0 atom stereocenters. The van der Waals surface area contributed by atoms with Gasteiger partial charge in [0, 0.05) is 5.69 Å². The number of halogens is 4. The molecule has 25 heavy (non-hydrogen) atoms. The van der Waals surface area contributed by atoms with Crippen molar-refractivity contribution >= 4 is 23.3 Å². The molecule has 0 heterocycles. The van der Waals surface area contributed by atoms with Gasteiger partial charge in [0.25, 0.3) is 0 Å². The third-order valence-electron chi connectivity index (χ3n) is 3.18. The van der Waals surface area contributed by atoms with E-state index in [2.05, 4.69) is 10.6 Å². The molecular formula is C17H16ClF3N2O2. The fraction of sp³-hybridized carbons (Fsp3) is 0.235. The highest BCUT2D eigenvalue weighted by Gasteiger charge is 2.30. The minimum atomic E-state index is -4.46. The second-order valence-electron chi connectivity index (χ2n) is 5.24. The zero-order chi connectivity index (χ0) is 18.4. The number of urea groups is 1. The summed E-state index contributed by atoms with van der Waals surface area (Å²) in [6.07, 6.45) is -4.46. The van der Waals surface area contributed by atoms with Crippen LogP contribution in [0.2, 0.25) is 5.02 Å². The minimum Gasteiger partial charge on any atom is -0.490 e. The number of aryl methyl sites for hydroxylation is 1. The van der Waals surface area contributed by atoms with Crippen LogP contribution >= 0.6 is 11.6 Å². The first-order valence-electron chi connectivity index (χ1n) is 7.37. The van der Waals surface area contributed by atoms with Gasteiger partial charge < -0.3 is 15.4 Å². The highest BCUT2D eigenvalue weighted by atomic mass is 35.5. The Kier molecular flexibility index (Phi) is 6.14. The number of anilines is 1. The molecule has 2 rings (SSSR count). The number of carbonyl (C=O) groups excluding carboxylic acids is 1. The summed E-state index contributed by atoms with van der Waals surface area (Å²) in [5, 5.41) is 5.29. The molecule has 2 aromatic carbocycles. The Bertz CT molecular complexity index is 751. The van der Waals surface area contributed by atoms with Gasteiger partial charge in [-0.3, -0.25) is 0 Å². The lowest BCUT2D eigenvalue weighted by Crippen LogP contribution is -2.32. The summed E-state index contributed by atoms with van der Waals surface area (Å²) in [5.74, 6) is 0.502. The summed E-state index contributed by atoms with van der Waals surface area (Å²) in [6, 6.07) is 9.09. The number of benzene rings is 2. The average Bonchev–Trinajstić information content (AvgIpc) is 2.54. The monoisotopic (exact) mass is 372 g/mol. The molecule has 0 unspecified atom stereocenters. The molecule has 0 aliphatic heterocycles. The lowest BCUT2D eigenvalue weighted by atomic mass is 10.2. The van der Waals surface area contributed by atoms with Crippen molar-refractivity contribution < 1.29 is 22.7 Å². The van der Waals surface area contributed by atoms with E-state index in [0.29, 0.717) is 10.8 Å². The number of hydrogen-bond donors (Lipinski definition) is 2. The van der Waals surface area contributed by atoms with Gasteiger partial charge >= 0.3 is 12.2 Å². The van der Waals surface area contributed by atoms with Crippen LogP contribution < -0.4 is 15.4 Å². The van der Waals surface area contributed by atoms with Crippen LogP contribution in [0.1, 0.15) is 11.1 Å². The fourth-order valence-electron chi connectivity index (χ4n) is 2.00. The fourth-order valence-corrected chi connectivity index (χ4v) is 2.17. The van der Waals surface area contributed by atoms with Crippen LogP contribution in [0, 0.1) is 6.92 Å². The van der Waals surface area contributed by atoms with E-state index in [1.807, 2.05) is 13.0 Å². The Morgan fingerprint density at radius 3 is 2.68 bits per heavy atom. The van der Waals surface area contributed by atoms with E-state index < -0.39 is 17.8 Å². The van der Waals surface area contributed by atoms with Gasteiger partial charge in [0.2, 0.25) is 0 Å². The van der Waals surface area contributed by atoms with Crippen molar-refractivity contribution in [1.82, 2.24) is 5.32 Å². The molecule has 0 saturated heterocycles. The molecule has 4 nitrogen and oxygen atoms in total. The van der Waals surface area contributed by atoms with Gasteiger partial charge in [-0.05, 0) is 42.8 Å². The van der Waals surface area contributed by atoms with Crippen molar-refractivity contribution in [3.8, 4) is 5.75 Å². The second-order valence-corrected chi connectivity index (χ2v) is 5.65. The van der Waals surface area contributed by atoms with E-state index in [-0.39, 0.29) is 18.8 Å². The van der Waals surface area contributed by atoms with E-state index in [4.69, 9.17) is 16.3 Å². The van der Waals surface area contributed by atoms with Crippen LogP contribution in [0.4, 0.5) is 23.7 Å². The minimum absolute atomic E-state index is 0.0509. The van der Waals surface area contributed by atoms with Crippen LogP contribution in [-0.4, -0.2) is 19.2 Å². The Hall–Kier alpha value is -2.41. The first-order chi connectivity index (χ1) is 11.8. The van der Waals surface area contributed by atoms with Crippen LogP contribution in [0.5, 0.6) is 5.75 Å². The molecule has 0 aliphatic carbocycles. The zero-order valence-corrected chi connectivity index (χ0v) is 14.0. The van der Waals surface area contributed by atoms with Crippen molar-refractivity contribution in [3.05, 3.63) is 58.6 Å². The number of alkyl halides is 3. The smallest absolute Gasteiger partial charge is 0.416 e. The number of rotatable bonds is 5. The summed E-state index contributed by atoms with van der Waals surface area (Å²) >= 11 is 5.98. The van der Waals surface area contributed by atoms with Crippen molar-refractivity contribution in [2.45, 2.75) is 13.1 Å². The molecule has 0 fully saturated rings. The molecule has 8 heteroatoms. The first-order valence-corrected chi connectivity index (χ1v) is 7.74. The Morgan fingerprint density at radius 1 is 1.20 bits per heavy atom. The van der Waals surface area contributed by atoms with Crippen LogP contribution in [0.15, 0.2) is 42.5 Å². The first kappa shape index (κ1) is 18.9. The Labute approximate surface area is 147 Å². The number of nitrogens with one attached hydrogen (secondary N) is 2. The van der Waals surface area contributed by atoms with Gasteiger partial charge in [-0.25, -0.2) is 4.79 Å². The van der Waals surface area contributed by atoms with Crippen molar-refractivity contribution in [3.63, 3.8) is 0 Å². The maximum absolute atomic E-state index is 12.6. The predicted molar refractivity (Wildman–Crippen MR) is 90.1 cm³/mol. The molecule has 2 aromatic rings. The van der Waals surface area contributed by atoms with Crippen LogP contribution in [-0.2, 0) is 6.18 Å². The van der Waals surface area contributed by atoms with Crippen molar-refractivity contribution in [2.75, 3.05) is 18.5 Å². The SMILES string of the molecule is Cc1ccc(Cl)c(OCCNC(=O)Nc2cccc(C(F)(F)F)c2)c1. The zero-order valence-electron chi connectivity index (χ0n) is 13.3. The van der Waals surface area contributed by atoms with Gasteiger partial charge in [0.15, 0.2) is 0 Å². The molecular weight excluding hydrogens is 357 g/mol. The van der Waals surface area contributed by atoms with E-state index in [1.54, 1.807) is 12.1 Å². The van der Waals surface area contributed by atoms with Crippen LogP contribution in [0.3, 0.4) is 0 Å². The van der Waals surface area contributed by atoms with Gasteiger partial charge in [-0.2, -0.15) is 13.2 Å². The molecule has 0 bridgehead atoms.